The van der Waals surface area contributed by atoms with Gasteiger partial charge in [0.25, 0.3) is 0 Å². The van der Waals surface area contributed by atoms with Crippen molar-refractivity contribution in [2.24, 2.45) is 0 Å². The number of hydrogen-bond acceptors (Lipinski definition) is 2. The van der Waals surface area contributed by atoms with Gasteiger partial charge >= 0.3 is 0 Å². The molecule has 12 heavy (non-hydrogen) atoms. The van der Waals surface area contributed by atoms with Gasteiger partial charge in [-0.2, -0.15) is 0 Å². The molecular formula is C10H24N2. The Hall–Kier alpha value is -0.0800. The maximum atomic E-state index is 3.44. The molecule has 0 aliphatic rings. The molecule has 1 unspecified atom stereocenters. The SMILES string of the molecule is CCCCNCCC(C)NCC. The Morgan fingerprint density at radius 3 is 2.50 bits per heavy atom. The molecule has 2 N–H and O–H groups in total. The van der Waals surface area contributed by atoms with E-state index in [4.69, 9.17) is 0 Å². The largest absolute Gasteiger partial charge is 0.317 e. The maximum absolute atomic E-state index is 3.44. The lowest BCUT2D eigenvalue weighted by Crippen LogP contribution is -2.30. The molecule has 0 aliphatic carbocycles. The molecule has 0 saturated heterocycles. The van der Waals surface area contributed by atoms with Crippen LogP contribution in [-0.2, 0) is 0 Å². The second-order valence-corrected chi connectivity index (χ2v) is 3.35. The van der Waals surface area contributed by atoms with E-state index < -0.39 is 0 Å². The van der Waals surface area contributed by atoms with Gasteiger partial charge in [0.15, 0.2) is 0 Å². The molecule has 0 amide bonds. The molecule has 0 heterocycles. The van der Waals surface area contributed by atoms with E-state index in [0.717, 1.165) is 13.1 Å². The van der Waals surface area contributed by atoms with Gasteiger partial charge in [-0.3, -0.25) is 0 Å². The molecule has 74 valence electrons. The molecule has 0 aliphatic heterocycles. The van der Waals surface area contributed by atoms with E-state index in [1.54, 1.807) is 0 Å². The van der Waals surface area contributed by atoms with E-state index in [0.29, 0.717) is 6.04 Å². The first-order valence-electron chi connectivity index (χ1n) is 5.25. The minimum Gasteiger partial charge on any atom is -0.317 e. The van der Waals surface area contributed by atoms with Crippen LogP contribution >= 0.6 is 0 Å². The van der Waals surface area contributed by atoms with Crippen LogP contribution in [0.15, 0.2) is 0 Å². The van der Waals surface area contributed by atoms with Gasteiger partial charge < -0.3 is 10.6 Å². The summed E-state index contributed by atoms with van der Waals surface area (Å²) < 4.78 is 0. The Kier molecular flexibility index (Phi) is 8.95. The lowest BCUT2D eigenvalue weighted by Gasteiger charge is -2.12. The average molecular weight is 172 g/mol. The molecule has 0 radical (unpaired) electrons. The highest BCUT2D eigenvalue weighted by Crippen LogP contribution is 1.88. The molecule has 2 heteroatoms. The average Bonchev–Trinajstić information content (AvgIpc) is 2.05. The lowest BCUT2D eigenvalue weighted by atomic mass is 10.2. The Bertz CT molecular complexity index is 83.9. The highest BCUT2D eigenvalue weighted by atomic mass is 14.9. The van der Waals surface area contributed by atoms with Gasteiger partial charge in [0.05, 0.1) is 0 Å². The first-order chi connectivity index (χ1) is 5.81. The molecule has 0 rings (SSSR count). The number of unbranched alkanes of at least 4 members (excludes halogenated alkanes) is 1. The summed E-state index contributed by atoms with van der Waals surface area (Å²) in [6.45, 7) is 10.0. The van der Waals surface area contributed by atoms with Crippen LogP contribution < -0.4 is 10.6 Å². The summed E-state index contributed by atoms with van der Waals surface area (Å²) in [4.78, 5) is 0. The van der Waals surface area contributed by atoms with Crippen molar-refractivity contribution in [3.63, 3.8) is 0 Å². The zero-order valence-corrected chi connectivity index (χ0v) is 8.82. The monoisotopic (exact) mass is 172 g/mol. The lowest BCUT2D eigenvalue weighted by molar-refractivity contribution is 0.501. The zero-order chi connectivity index (χ0) is 9.23. The minimum atomic E-state index is 0.657. The summed E-state index contributed by atoms with van der Waals surface area (Å²) in [5, 5.41) is 6.83. The van der Waals surface area contributed by atoms with Crippen LogP contribution in [-0.4, -0.2) is 25.7 Å². The number of rotatable bonds is 8. The van der Waals surface area contributed by atoms with Crippen molar-refractivity contribution >= 4 is 0 Å². The van der Waals surface area contributed by atoms with Crippen molar-refractivity contribution in [1.29, 1.82) is 0 Å². The molecule has 0 fully saturated rings. The fourth-order valence-corrected chi connectivity index (χ4v) is 1.20. The van der Waals surface area contributed by atoms with E-state index >= 15 is 0 Å². The third-order valence-electron chi connectivity index (χ3n) is 2.01. The van der Waals surface area contributed by atoms with Crippen LogP contribution in [0.3, 0.4) is 0 Å². The second-order valence-electron chi connectivity index (χ2n) is 3.35. The molecule has 2 nitrogen and oxygen atoms in total. The normalized spacial score (nSPS) is 13.2. The van der Waals surface area contributed by atoms with Crippen molar-refractivity contribution < 1.29 is 0 Å². The van der Waals surface area contributed by atoms with Gasteiger partial charge in [0.2, 0.25) is 0 Å². The van der Waals surface area contributed by atoms with E-state index in [1.807, 2.05) is 0 Å². The van der Waals surface area contributed by atoms with Crippen molar-refractivity contribution in [1.82, 2.24) is 10.6 Å². The van der Waals surface area contributed by atoms with Crippen molar-refractivity contribution in [2.75, 3.05) is 19.6 Å². The topological polar surface area (TPSA) is 24.1 Å². The predicted molar refractivity (Wildman–Crippen MR) is 55.5 cm³/mol. The summed E-state index contributed by atoms with van der Waals surface area (Å²) in [5.74, 6) is 0. The standard InChI is InChI=1S/C10H24N2/c1-4-6-8-11-9-7-10(3)12-5-2/h10-12H,4-9H2,1-3H3. The molecule has 1 atom stereocenters. The Morgan fingerprint density at radius 2 is 1.92 bits per heavy atom. The molecule has 0 bridgehead atoms. The highest BCUT2D eigenvalue weighted by molar-refractivity contribution is 4.60. The highest BCUT2D eigenvalue weighted by Gasteiger charge is 1.97. The molecule has 0 saturated carbocycles. The molecule has 0 spiro atoms. The summed E-state index contributed by atoms with van der Waals surface area (Å²) >= 11 is 0. The summed E-state index contributed by atoms with van der Waals surface area (Å²) in [6, 6.07) is 0.657. The van der Waals surface area contributed by atoms with Gasteiger partial charge in [-0.05, 0) is 39.4 Å². The van der Waals surface area contributed by atoms with E-state index in [2.05, 4.69) is 31.4 Å². The van der Waals surface area contributed by atoms with Gasteiger partial charge in [0.1, 0.15) is 0 Å². The van der Waals surface area contributed by atoms with E-state index in [1.165, 1.54) is 25.8 Å². The van der Waals surface area contributed by atoms with E-state index in [9.17, 15) is 0 Å². The van der Waals surface area contributed by atoms with Crippen LogP contribution in [0.25, 0.3) is 0 Å². The summed E-state index contributed by atoms with van der Waals surface area (Å²) in [6.07, 6.45) is 3.82. The summed E-state index contributed by atoms with van der Waals surface area (Å²) in [5.41, 5.74) is 0. The smallest absolute Gasteiger partial charge is 0.00506 e. The van der Waals surface area contributed by atoms with Gasteiger partial charge in [-0.1, -0.05) is 20.3 Å². The van der Waals surface area contributed by atoms with Gasteiger partial charge in [-0.25, -0.2) is 0 Å². The first kappa shape index (κ1) is 11.9. The van der Waals surface area contributed by atoms with E-state index in [-0.39, 0.29) is 0 Å². The molecule has 0 aromatic heterocycles. The number of hydrogen-bond donors (Lipinski definition) is 2. The van der Waals surface area contributed by atoms with Gasteiger partial charge in [-0.15, -0.1) is 0 Å². The molecule has 0 aromatic rings. The van der Waals surface area contributed by atoms with Crippen LogP contribution in [0.2, 0.25) is 0 Å². The quantitative estimate of drug-likeness (QED) is 0.545. The fraction of sp³-hybridized carbons (Fsp3) is 1.00. The van der Waals surface area contributed by atoms with Crippen molar-refractivity contribution in [3.05, 3.63) is 0 Å². The third-order valence-corrected chi connectivity index (χ3v) is 2.01. The van der Waals surface area contributed by atoms with Crippen LogP contribution in [0, 0.1) is 0 Å². The van der Waals surface area contributed by atoms with Crippen LogP contribution in [0.5, 0.6) is 0 Å². The predicted octanol–water partition coefficient (Wildman–Crippen LogP) is 1.76. The van der Waals surface area contributed by atoms with Gasteiger partial charge in [0, 0.05) is 6.04 Å². The number of nitrogens with one attached hydrogen (secondary N) is 2. The fourth-order valence-electron chi connectivity index (χ4n) is 1.20. The summed E-state index contributed by atoms with van der Waals surface area (Å²) in [7, 11) is 0. The van der Waals surface area contributed by atoms with Crippen molar-refractivity contribution in [3.8, 4) is 0 Å². The first-order valence-corrected chi connectivity index (χ1v) is 5.25. The third kappa shape index (κ3) is 8.02. The Labute approximate surface area is 77.1 Å². The minimum absolute atomic E-state index is 0.657. The Balaban J connectivity index is 2.97. The molecule has 0 aromatic carbocycles. The maximum Gasteiger partial charge on any atom is 0.00506 e. The second kappa shape index (κ2) is 9.01. The van der Waals surface area contributed by atoms with Crippen LogP contribution in [0.1, 0.15) is 40.0 Å². The zero-order valence-electron chi connectivity index (χ0n) is 8.82. The van der Waals surface area contributed by atoms with Crippen LogP contribution in [0.4, 0.5) is 0 Å². The van der Waals surface area contributed by atoms with Crippen molar-refractivity contribution in [2.45, 2.75) is 46.1 Å². The molecular weight excluding hydrogens is 148 g/mol. The Morgan fingerprint density at radius 1 is 1.17 bits per heavy atom.